The molecular formula is C14H25ClN4O. The van der Waals surface area contributed by atoms with Crippen molar-refractivity contribution in [1.29, 1.82) is 0 Å². The minimum absolute atomic E-state index is 0.292. The predicted octanol–water partition coefficient (Wildman–Crippen LogP) is 3.16. The number of halogens is 1. The summed E-state index contributed by atoms with van der Waals surface area (Å²) in [6, 6.07) is 0. The molecule has 0 aliphatic rings. The van der Waals surface area contributed by atoms with Crippen molar-refractivity contribution in [2.24, 2.45) is 5.92 Å². The molecule has 1 unspecified atom stereocenters. The van der Waals surface area contributed by atoms with Gasteiger partial charge in [-0.1, -0.05) is 45.2 Å². The molecule has 3 N–H and O–H groups in total. The van der Waals surface area contributed by atoms with Crippen LogP contribution in [-0.4, -0.2) is 34.3 Å². The molecule has 1 atom stereocenters. The first kappa shape index (κ1) is 17.0. The molecule has 0 saturated heterocycles. The second kappa shape index (κ2) is 8.97. The van der Waals surface area contributed by atoms with E-state index in [1.54, 1.807) is 6.20 Å². The largest absolute Gasteiger partial charge is 0.391 e. The van der Waals surface area contributed by atoms with E-state index in [9.17, 15) is 5.11 Å². The lowest BCUT2D eigenvalue weighted by Crippen LogP contribution is -2.28. The van der Waals surface area contributed by atoms with Crippen molar-refractivity contribution >= 4 is 23.4 Å². The minimum atomic E-state index is -0.400. The average molecular weight is 301 g/mol. The molecule has 1 rings (SSSR count). The van der Waals surface area contributed by atoms with Crippen LogP contribution in [-0.2, 0) is 0 Å². The van der Waals surface area contributed by atoms with Gasteiger partial charge in [0.1, 0.15) is 5.02 Å². The Kier molecular flexibility index (Phi) is 7.62. The van der Waals surface area contributed by atoms with Gasteiger partial charge < -0.3 is 15.7 Å². The van der Waals surface area contributed by atoms with Crippen LogP contribution in [0.15, 0.2) is 6.20 Å². The number of aliphatic hydroxyl groups excluding tert-OH is 1. The van der Waals surface area contributed by atoms with Crippen molar-refractivity contribution in [3.8, 4) is 0 Å². The molecule has 0 aromatic carbocycles. The molecule has 1 heterocycles. The Morgan fingerprint density at radius 1 is 1.25 bits per heavy atom. The first-order valence-corrected chi connectivity index (χ1v) is 7.68. The Balaban J connectivity index is 2.62. The maximum atomic E-state index is 10.1. The van der Waals surface area contributed by atoms with Crippen LogP contribution < -0.4 is 10.6 Å². The fourth-order valence-electron chi connectivity index (χ4n) is 2.01. The monoisotopic (exact) mass is 300 g/mol. The molecule has 114 valence electrons. The summed E-state index contributed by atoms with van der Waals surface area (Å²) >= 11 is 6.06. The minimum Gasteiger partial charge on any atom is -0.391 e. The van der Waals surface area contributed by atoms with Gasteiger partial charge in [-0.2, -0.15) is 4.98 Å². The highest BCUT2D eigenvalue weighted by Gasteiger charge is 2.16. The predicted molar refractivity (Wildman–Crippen MR) is 84.4 cm³/mol. The zero-order chi connectivity index (χ0) is 15.0. The number of anilines is 2. The quantitative estimate of drug-likeness (QED) is 0.653. The summed E-state index contributed by atoms with van der Waals surface area (Å²) < 4.78 is 0. The van der Waals surface area contributed by atoms with Crippen molar-refractivity contribution in [3.05, 3.63) is 11.2 Å². The second-order valence-corrected chi connectivity index (χ2v) is 5.25. The molecule has 0 aliphatic carbocycles. The Morgan fingerprint density at radius 3 is 2.55 bits per heavy atom. The number of nitrogens with one attached hydrogen (secondary N) is 2. The zero-order valence-electron chi connectivity index (χ0n) is 12.5. The number of nitrogens with zero attached hydrogens (tertiary/aromatic N) is 2. The van der Waals surface area contributed by atoms with Crippen LogP contribution in [0.5, 0.6) is 0 Å². The molecule has 0 amide bonds. The van der Waals surface area contributed by atoms with Crippen LogP contribution in [0.25, 0.3) is 0 Å². The highest BCUT2D eigenvalue weighted by atomic mass is 35.5. The van der Waals surface area contributed by atoms with Gasteiger partial charge in [0.25, 0.3) is 0 Å². The van der Waals surface area contributed by atoms with Crippen molar-refractivity contribution < 1.29 is 5.11 Å². The third-order valence-corrected chi connectivity index (χ3v) is 3.63. The van der Waals surface area contributed by atoms with Gasteiger partial charge in [0.05, 0.1) is 12.3 Å². The fourth-order valence-corrected chi connectivity index (χ4v) is 2.17. The average Bonchev–Trinajstić information content (AvgIpc) is 2.46. The van der Waals surface area contributed by atoms with Crippen LogP contribution in [0.4, 0.5) is 11.8 Å². The van der Waals surface area contributed by atoms with E-state index in [0.717, 1.165) is 25.8 Å². The first-order chi connectivity index (χ1) is 9.62. The topological polar surface area (TPSA) is 70.1 Å². The lowest BCUT2D eigenvalue weighted by molar-refractivity contribution is 0.114. The first-order valence-electron chi connectivity index (χ1n) is 7.30. The van der Waals surface area contributed by atoms with Crippen molar-refractivity contribution in [1.82, 2.24) is 9.97 Å². The molecule has 0 radical (unpaired) electrons. The SMILES string of the molecule is CCCNc1ncc(Cl)c(NCC(O)C(CC)CC)n1. The number of aromatic nitrogens is 2. The maximum Gasteiger partial charge on any atom is 0.224 e. The van der Waals surface area contributed by atoms with Crippen molar-refractivity contribution in [2.75, 3.05) is 23.7 Å². The van der Waals surface area contributed by atoms with Crippen molar-refractivity contribution in [2.45, 2.75) is 46.1 Å². The number of aliphatic hydroxyl groups is 1. The highest BCUT2D eigenvalue weighted by molar-refractivity contribution is 6.32. The van der Waals surface area contributed by atoms with E-state index in [2.05, 4.69) is 41.4 Å². The van der Waals surface area contributed by atoms with Crippen LogP contribution in [0.2, 0.25) is 5.02 Å². The van der Waals surface area contributed by atoms with E-state index >= 15 is 0 Å². The van der Waals surface area contributed by atoms with Gasteiger partial charge >= 0.3 is 0 Å². The third kappa shape index (κ3) is 5.13. The van der Waals surface area contributed by atoms with E-state index in [1.165, 1.54) is 0 Å². The van der Waals surface area contributed by atoms with Gasteiger partial charge in [0.2, 0.25) is 5.95 Å². The summed E-state index contributed by atoms with van der Waals surface area (Å²) in [5.41, 5.74) is 0. The molecule has 5 nitrogen and oxygen atoms in total. The molecule has 6 heteroatoms. The zero-order valence-corrected chi connectivity index (χ0v) is 13.2. The van der Waals surface area contributed by atoms with E-state index in [0.29, 0.717) is 29.3 Å². The van der Waals surface area contributed by atoms with Crippen LogP contribution in [0.3, 0.4) is 0 Å². The lowest BCUT2D eigenvalue weighted by Gasteiger charge is -2.21. The summed E-state index contributed by atoms with van der Waals surface area (Å²) in [7, 11) is 0. The Labute approximate surface area is 126 Å². The number of rotatable bonds is 9. The Bertz CT molecular complexity index is 399. The lowest BCUT2D eigenvalue weighted by atomic mass is 9.97. The van der Waals surface area contributed by atoms with Gasteiger partial charge in [0.15, 0.2) is 5.82 Å². The van der Waals surface area contributed by atoms with Gasteiger partial charge in [-0.3, -0.25) is 0 Å². The van der Waals surface area contributed by atoms with E-state index in [-0.39, 0.29) is 0 Å². The fraction of sp³-hybridized carbons (Fsp3) is 0.714. The van der Waals surface area contributed by atoms with Crippen molar-refractivity contribution in [3.63, 3.8) is 0 Å². The van der Waals surface area contributed by atoms with Gasteiger partial charge in [0, 0.05) is 13.1 Å². The van der Waals surface area contributed by atoms with Gasteiger partial charge in [-0.15, -0.1) is 0 Å². The normalized spacial score (nSPS) is 12.5. The molecule has 1 aromatic heterocycles. The standard InChI is InChI=1S/C14H25ClN4O/c1-4-7-16-14-18-8-11(15)13(19-14)17-9-12(20)10(5-2)6-3/h8,10,12,20H,4-7,9H2,1-3H3,(H2,16,17,18,19). The number of hydrogen-bond acceptors (Lipinski definition) is 5. The number of hydrogen-bond donors (Lipinski definition) is 3. The summed E-state index contributed by atoms with van der Waals surface area (Å²) in [4.78, 5) is 8.43. The molecular weight excluding hydrogens is 276 g/mol. The van der Waals surface area contributed by atoms with E-state index in [4.69, 9.17) is 11.6 Å². The summed E-state index contributed by atoms with van der Waals surface area (Å²) in [5.74, 6) is 1.40. The second-order valence-electron chi connectivity index (χ2n) is 4.84. The molecule has 20 heavy (non-hydrogen) atoms. The molecule has 1 aromatic rings. The van der Waals surface area contributed by atoms with Crippen LogP contribution in [0, 0.1) is 5.92 Å². The molecule has 0 spiro atoms. The molecule has 0 saturated carbocycles. The van der Waals surface area contributed by atoms with E-state index in [1.807, 2.05) is 0 Å². The summed E-state index contributed by atoms with van der Waals surface area (Å²) in [6.07, 6.45) is 4.09. The molecule has 0 fully saturated rings. The van der Waals surface area contributed by atoms with Crippen LogP contribution >= 0.6 is 11.6 Å². The van der Waals surface area contributed by atoms with Crippen LogP contribution in [0.1, 0.15) is 40.0 Å². The Morgan fingerprint density at radius 2 is 1.95 bits per heavy atom. The Hall–Kier alpha value is -1.07. The highest BCUT2D eigenvalue weighted by Crippen LogP contribution is 2.20. The third-order valence-electron chi connectivity index (χ3n) is 3.35. The summed E-state index contributed by atoms with van der Waals surface area (Å²) in [5, 5.41) is 16.8. The van der Waals surface area contributed by atoms with Gasteiger partial charge in [-0.05, 0) is 12.3 Å². The van der Waals surface area contributed by atoms with Gasteiger partial charge in [-0.25, -0.2) is 4.98 Å². The smallest absolute Gasteiger partial charge is 0.224 e. The maximum absolute atomic E-state index is 10.1. The molecule has 0 aliphatic heterocycles. The summed E-state index contributed by atoms with van der Waals surface area (Å²) in [6.45, 7) is 7.51. The van der Waals surface area contributed by atoms with E-state index < -0.39 is 6.10 Å². The molecule has 0 bridgehead atoms.